The van der Waals surface area contributed by atoms with Crippen LogP contribution in [0.2, 0.25) is 0 Å². The van der Waals surface area contributed by atoms with Crippen LogP contribution >= 0.6 is 12.6 Å². The number of nitrogens with one attached hydrogen (secondary N) is 1. The summed E-state index contributed by atoms with van der Waals surface area (Å²) in [6.45, 7) is 3.57. The van der Waals surface area contributed by atoms with Crippen molar-refractivity contribution in [1.29, 1.82) is 0 Å². The molecule has 0 aromatic heterocycles. The molecule has 2 amide bonds. The topological polar surface area (TPSA) is 52.7 Å². The Morgan fingerprint density at radius 3 is 2.50 bits per heavy atom. The van der Waals surface area contributed by atoms with Crippen molar-refractivity contribution < 1.29 is 14.0 Å². The predicted octanol–water partition coefficient (Wildman–Crippen LogP) is 3.75. The van der Waals surface area contributed by atoms with Crippen LogP contribution in [0.1, 0.15) is 59.2 Å². The third-order valence-electron chi connectivity index (χ3n) is 7.18. The van der Waals surface area contributed by atoms with E-state index < -0.39 is 0 Å². The molecule has 0 radical (unpaired) electrons. The number of halogens is 1. The fraction of sp³-hybridized carbons (Fsp3) is 0.440. The molecule has 2 saturated heterocycles. The van der Waals surface area contributed by atoms with Gasteiger partial charge in [-0.25, -0.2) is 4.39 Å². The van der Waals surface area contributed by atoms with Gasteiger partial charge in [0, 0.05) is 19.5 Å². The first-order valence-electron chi connectivity index (χ1n) is 11.4. The molecule has 2 unspecified atom stereocenters. The van der Waals surface area contributed by atoms with Gasteiger partial charge >= 0.3 is 0 Å². The van der Waals surface area contributed by atoms with Crippen molar-refractivity contribution in [3.8, 4) is 0 Å². The minimum Gasteiger partial charge on any atom is -0.299 e. The number of imide groups is 1. The average molecular weight is 454 g/mol. The molecule has 3 aliphatic rings. The first kappa shape index (κ1) is 21.6. The zero-order valence-electron chi connectivity index (χ0n) is 18.0. The van der Waals surface area contributed by atoms with Gasteiger partial charge in [0.15, 0.2) is 0 Å². The van der Waals surface area contributed by atoms with Gasteiger partial charge in [0.2, 0.25) is 11.8 Å². The normalized spacial score (nSPS) is 25.1. The Kier molecular flexibility index (Phi) is 6.05. The number of carbonyl (C=O) groups is 2. The van der Waals surface area contributed by atoms with Crippen LogP contribution in [0.5, 0.6) is 0 Å². The van der Waals surface area contributed by atoms with Crippen molar-refractivity contribution in [2.45, 2.75) is 56.1 Å². The standard InChI is InChI=1S/C25H28FN3O2S/c26-19-6-4-16(5-7-19)17-10-12-28(13-11-17)14-18-2-1-3-20-21(18)15-29(25(20)32)22-8-9-23(30)27-24(22)31/h1-7,17,22,25,32H,8-15H2,(H,27,30,31). The molecule has 2 aromatic rings. The fourth-order valence-corrected chi connectivity index (χ4v) is 5.85. The van der Waals surface area contributed by atoms with Crippen LogP contribution in [-0.4, -0.2) is 40.7 Å². The van der Waals surface area contributed by atoms with Crippen LogP contribution in [0, 0.1) is 5.82 Å². The Balaban J connectivity index is 1.25. The van der Waals surface area contributed by atoms with Gasteiger partial charge in [-0.1, -0.05) is 30.3 Å². The summed E-state index contributed by atoms with van der Waals surface area (Å²) < 4.78 is 13.2. The molecule has 5 nitrogen and oxygen atoms in total. The van der Waals surface area contributed by atoms with Gasteiger partial charge < -0.3 is 0 Å². The van der Waals surface area contributed by atoms with Crippen LogP contribution < -0.4 is 5.32 Å². The highest BCUT2D eigenvalue weighted by Gasteiger charge is 2.39. The lowest BCUT2D eigenvalue weighted by Crippen LogP contribution is -2.51. The molecule has 2 aromatic carbocycles. The molecule has 0 bridgehead atoms. The monoisotopic (exact) mass is 453 g/mol. The number of carbonyl (C=O) groups excluding carboxylic acids is 2. The largest absolute Gasteiger partial charge is 0.299 e. The van der Waals surface area contributed by atoms with E-state index in [1.54, 1.807) is 12.1 Å². The number of piperidine rings is 2. The zero-order valence-corrected chi connectivity index (χ0v) is 18.9. The van der Waals surface area contributed by atoms with Crippen molar-refractivity contribution in [2.75, 3.05) is 13.1 Å². The SMILES string of the molecule is O=C1CCC(N2Cc3c(CN4CCC(c5ccc(F)cc5)CC4)cccc3C2S)C(=O)N1. The van der Waals surface area contributed by atoms with Crippen LogP contribution in [0.25, 0.3) is 0 Å². The highest BCUT2D eigenvalue weighted by atomic mass is 32.1. The summed E-state index contributed by atoms with van der Waals surface area (Å²) in [5, 5.41) is 2.33. The number of nitrogens with zero attached hydrogens (tertiary/aromatic N) is 2. The second-order valence-corrected chi connectivity index (χ2v) is 9.59. The molecule has 3 aliphatic heterocycles. The molecule has 2 atom stereocenters. The van der Waals surface area contributed by atoms with Gasteiger partial charge in [-0.3, -0.25) is 24.7 Å². The predicted molar refractivity (Wildman–Crippen MR) is 124 cm³/mol. The third-order valence-corrected chi connectivity index (χ3v) is 7.75. The molecular weight excluding hydrogens is 425 g/mol. The van der Waals surface area contributed by atoms with Gasteiger partial charge in [-0.15, -0.1) is 0 Å². The molecule has 32 heavy (non-hydrogen) atoms. The van der Waals surface area contributed by atoms with Gasteiger partial charge in [0.1, 0.15) is 5.82 Å². The van der Waals surface area contributed by atoms with E-state index in [9.17, 15) is 14.0 Å². The number of fused-ring (bicyclic) bond motifs is 1. The first-order chi connectivity index (χ1) is 15.5. The number of benzene rings is 2. The number of rotatable bonds is 4. The summed E-state index contributed by atoms with van der Waals surface area (Å²) in [7, 11) is 0. The minimum atomic E-state index is -0.318. The summed E-state index contributed by atoms with van der Waals surface area (Å²) in [4.78, 5) is 28.6. The lowest BCUT2D eigenvalue weighted by atomic mass is 9.89. The van der Waals surface area contributed by atoms with E-state index in [4.69, 9.17) is 12.6 Å². The Morgan fingerprint density at radius 2 is 1.78 bits per heavy atom. The minimum absolute atomic E-state index is 0.141. The molecule has 5 rings (SSSR count). The fourth-order valence-electron chi connectivity index (χ4n) is 5.36. The molecule has 7 heteroatoms. The summed E-state index contributed by atoms with van der Waals surface area (Å²) >= 11 is 4.83. The van der Waals surface area contributed by atoms with Crippen molar-refractivity contribution in [2.24, 2.45) is 0 Å². The molecule has 0 aliphatic carbocycles. The number of hydrogen-bond donors (Lipinski definition) is 2. The van der Waals surface area contributed by atoms with E-state index in [1.165, 1.54) is 16.7 Å². The summed E-state index contributed by atoms with van der Waals surface area (Å²) in [6, 6.07) is 13.0. The average Bonchev–Trinajstić information content (AvgIpc) is 3.12. The van der Waals surface area contributed by atoms with Crippen LogP contribution in [0.4, 0.5) is 4.39 Å². The van der Waals surface area contributed by atoms with Crippen molar-refractivity contribution in [3.63, 3.8) is 0 Å². The third kappa shape index (κ3) is 4.21. The van der Waals surface area contributed by atoms with Crippen molar-refractivity contribution in [3.05, 3.63) is 70.5 Å². The molecule has 0 spiro atoms. The Morgan fingerprint density at radius 1 is 1.03 bits per heavy atom. The van der Waals surface area contributed by atoms with E-state index in [2.05, 4.69) is 33.3 Å². The van der Waals surface area contributed by atoms with E-state index in [0.29, 0.717) is 25.3 Å². The molecule has 2 fully saturated rings. The van der Waals surface area contributed by atoms with E-state index in [0.717, 1.165) is 38.0 Å². The van der Waals surface area contributed by atoms with Crippen molar-refractivity contribution >= 4 is 24.4 Å². The smallest absolute Gasteiger partial charge is 0.243 e. The number of amides is 2. The Bertz CT molecular complexity index is 1020. The summed E-state index contributed by atoms with van der Waals surface area (Å²) in [5.74, 6) is -0.0999. The zero-order chi connectivity index (χ0) is 22.2. The van der Waals surface area contributed by atoms with Crippen molar-refractivity contribution in [1.82, 2.24) is 15.1 Å². The molecule has 168 valence electrons. The number of likely N-dealkylation sites (tertiary alicyclic amines) is 1. The first-order valence-corrected chi connectivity index (χ1v) is 11.9. The highest BCUT2D eigenvalue weighted by Crippen LogP contribution is 2.41. The van der Waals surface area contributed by atoms with E-state index in [1.807, 2.05) is 12.1 Å². The maximum absolute atomic E-state index is 13.2. The molecule has 1 N–H and O–H groups in total. The summed E-state index contributed by atoms with van der Waals surface area (Å²) in [6.07, 6.45) is 3.05. The van der Waals surface area contributed by atoms with Crippen LogP contribution in [0.15, 0.2) is 42.5 Å². The molecule has 3 heterocycles. The van der Waals surface area contributed by atoms with Crippen LogP contribution in [0.3, 0.4) is 0 Å². The Labute approximate surface area is 193 Å². The number of hydrogen-bond acceptors (Lipinski definition) is 5. The molecule has 0 saturated carbocycles. The van der Waals surface area contributed by atoms with Gasteiger partial charge in [-0.2, -0.15) is 12.6 Å². The maximum atomic E-state index is 13.2. The highest BCUT2D eigenvalue weighted by molar-refractivity contribution is 7.80. The van der Waals surface area contributed by atoms with E-state index in [-0.39, 0.29) is 29.0 Å². The van der Waals surface area contributed by atoms with E-state index >= 15 is 0 Å². The second kappa shape index (κ2) is 8.96. The second-order valence-electron chi connectivity index (χ2n) is 9.10. The number of thiol groups is 1. The van der Waals surface area contributed by atoms with Gasteiger partial charge in [0.05, 0.1) is 11.4 Å². The van der Waals surface area contributed by atoms with Gasteiger partial charge in [0.25, 0.3) is 0 Å². The maximum Gasteiger partial charge on any atom is 0.243 e. The lowest BCUT2D eigenvalue weighted by molar-refractivity contribution is -0.137. The molecular formula is C25H28FN3O2S. The van der Waals surface area contributed by atoms with Gasteiger partial charge in [-0.05, 0) is 72.7 Å². The summed E-state index contributed by atoms with van der Waals surface area (Å²) in [5.41, 5.74) is 4.94. The Hall–Kier alpha value is -2.22. The van der Waals surface area contributed by atoms with Crippen LogP contribution in [-0.2, 0) is 22.7 Å². The quantitative estimate of drug-likeness (QED) is 0.547. The lowest BCUT2D eigenvalue weighted by Gasteiger charge is -2.33.